The minimum absolute atomic E-state index is 0.277. The summed E-state index contributed by atoms with van der Waals surface area (Å²) in [6.07, 6.45) is 2.87. The third kappa shape index (κ3) is 3.08. The molecule has 0 radical (unpaired) electrons. The van der Waals surface area contributed by atoms with Gasteiger partial charge in [0.15, 0.2) is 0 Å². The minimum Gasteiger partial charge on any atom is -0.444 e. The smallest absolute Gasteiger partial charge is 0.226 e. The Morgan fingerprint density at radius 2 is 2.10 bits per heavy atom. The monoisotopic (exact) mass is 271 g/mol. The van der Waals surface area contributed by atoms with Crippen molar-refractivity contribution >= 4 is 0 Å². The van der Waals surface area contributed by atoms with Crippen molar-refractivity contribution in [3.05, 3.63) is 42.3 Å². The summed E-state index contributed by atoms with van der Waals surface area (Å²) in [5.74, 6) is 1.34. The van der Waals surface area contributed by atoms with Crippen LogP contribution in [0.3, 0.4) is 0 Å². The predicted molar refractivity (Wildman–Crippen MR) is 79.0 cm³/mol. The zero-order valence-electron chi connectivity index (χ0n) is 11.8. The molecule has 2 aromatic rings. The third-order valence-corrected chi connectivity index (χ3v) is 3.73. The van der Waals surface area contributed by atoms with E-state index in [0.29, 0.717) is 11.8 Å². The molecular weight excluding hydrogens is 250 g/mol. The van der Waals surface area contributed by atoms with Crippen molar-refractivity contribution in [2.45, 2.75) is 25.9 Å². The number of hydrogen-bond acceptors (Lipinski definition) is 4. The molecule has 4 heteroatoms. The molecule has 1 aromatic heterocycles. The number of nitrogens with zero attached hydrogens (tertiary/aromatic N) is 2. The summed E-state index contributed by atoms with van der Waals surface area (Å²) in [6.45, 7) is 5.09. The number of aromatic nitrogens is 1. The van der Waals surface area contributed by atoms with Gasteiger partial charge in [-0.25, -0.2) is 4.98 Å². The summed E-state index contributed by atoms with van der Waals surface area (Å²) >= 11 is 0. The largest absolute Gasteiger partial charge is 0.444 e. The first-order valence-electron chi connectivity index (χ1n) is 7.18. The lowest BCUT2D eigenvalue weighted by molar-refractivity contribution is 0.157. The van der Waals surface area contributed by atoms with Crippen LogP contribution in [0.25, 0.3) is 11.5 Å². The highest BCUT2D eigenvalue weighted by molar-refractivity contribution is 5.52. The Kier molecular flexibility index (Phi) is 3.85. The summed E-state index contributed by atoms with van der Waals surface area (Å²) in [6, 6.07) is 10.3. The SMILES string of the molecule is CC1CC(N)CN(Cc2coc(-c3ccccc3)n2)C1. The maximum absolute atomic E-state index is 6.08. The van der Waals surface area contributed by atoms with Crippen molar-refractivity contribution in [1.29, 1.82) is 0 Å². The lowest BCUT2D eigenvalue weighted by Gasteiger charge is -2.34. The maximum Gasteiger partial charge on any atom is 0.226 e. The third-order valence-electron chi connectivity index (χ3n) is 3.73. The van der Waals surface area contributed by atoms with Crippen molar-refractivity contribution < 1.29 is 4.42 Å². The van der Waals surface area contributed by atoms with E-state index in [1.165, 1.54) is 0 Å². The van der Waals surface area contributed by atoms with Gasteiger partial charge in [-0.2, -0.15) is 0 Å². The lowest BCUT2D eigenvalue weighted by atomic mass is 9.96. The van der Waals surface area contributed by atoms with Gasteiger partial charge in [0, 0.05) is 31.2 Å². The second-order valence-electron chi connectivity index (χ2n) is 5.81. The molecule has 2 N–H and O–H groups in total. The highest BCUT2D eigenvalue weighted by Crippen LogP contribution is 2.21. The average Bonchev–Trinajstić information content (AvgIpc) is 2.87. The minimum atomic E-state index is 0.277. The molecule has 1 fully saturated rings. The first-order valence-corrected chi connectivity index (χ1v) is 7.18. The molecule has 106 valence electrons. The Balaban J connectivity index is 1.68. The van der Waals surface area contributed by atoms with Crippen LogP contribution >= 0.6 is 0 Å². The molecule has 20 heavy (non-hydrogen) atoms. The Bertz CT molecular complexity index is 542. The van der Waals surface area contributed by atoms with Gasteiger partial charge in [0.2, 0.25) is 5.89 Å². The number of piperidine rings is 1. The van der Waals surface area contributed by atoms with Crippen LogP contribution in [-0.2, 0) is 6.54 Å². The van der Waals surface area contributed by atoms with Gasteiger partial charge < -0.3 is 10.2 Å². The van der Waals surface area contributed by atoms with Gasteiger partial charge >= 0.3 is 0 Å². The molecule has 2 atom stereocenters. The number of benzene rings is 1. The van der Waals surface area contributed by atoms with Crippen molar-refractivity contribution in [2.24, 2.45) is 11.7 Å². The van der Waals surface area contributed by atoms with Crippen LogP contribution in [0.15, 0.2) is 41.0 Å². The molecule has 2 heterocycles. The standard InChI is InChI=1S/C16H21N3O/c1-12-7-14(17)9-19(8-12)10-15-11-20-16(18-15)13-5-3-2-4-6-13/h2-6,11-12,14H,7-10,17H2,1H3. The molecule has 1 saturated heterocycles. The van der Waals surface area contributed by atoms with Gasteiger partial charge in [0.25, 0.3) is 0 Å². The van der Waals surface area contributed by atoms with E-state index in [9.17, 15) is 0 Å². The van der Waals surface area contributed by atoms with Crippen molar-refractivity contribution in [3.8, 4) is 11.5 Å². The number of rotatable bonds is 3. The second kappa shape index (κ2) is 5.77. The average molecular weight is 271 g/mol. The van der Waals surface area contributed by atoms with Gasteiger partial charge in [0.05, 0.1) is 5.69 Å². The van der Waals surface area contributed by atoms with E-state index in [1.807, 2.05) is 30.3 Å². The summed E-state index contributed by atoms with van der Waals surface area (Å²) in [4.78, 5) is 6.94. The van der Waals surface area contributed by atoms with E-state index in [-0.39, 0.29) is 6.04 Å². The number of oxazole rings is 1. The van der Waals surface area contributed by atoms with E-state index < -0.39 is 0 Å². The van der Waals surface area contributed by atoms with E-state index in [2.05, 4.69) is 16.8 Å². The first kappa shape index (κ1) is 13.3. The van der Waals surface area contributed by atoms with E-state index >= 15 is 0 Å². The molecule has 0 aliphatic carbocycles. The van der Waals surface area contributed by atoms with Gasteiger partial charge in [-0.05, 0) is 24.5 Å². The topological polar surface area (TPSA) is 55.3 Å². The van der Waals surface area contributed by atoms with Crippen LogP contribution in [0.4, 0.5) is 0 Å². The van der Waals surface area contributed by atoms with Crippen LogP contribution in [-0.4, -0.2) is 29.0 Å². The van der Waals surface area contributed by atoms with Crippen LogP contribution < -0.4 is 5.73 Å². The summed E-state index contributed by atoms with van der Waals surface area (Å²) in [5, 5.41) is 0. The zero-order chi connectivity index (χ0) is 13.9. The van der Waals surface area contributed by atoms with Crippen LogP contribution in [0.5, 0.6) is 0 Å². The lowest BCUT2D eigenvalue weighted by Crippen LogP contribution is -2.45. The predicted octanol–water partition coefficient (Wildman–Crippen LogP) is 2.51. The Labute approximate surface area is 119 Å². The van der Waals surface area contributed by atoms with Crippen LogP contribution in [0.2, 0.25) is 0 Å². The summed E-state index contributed by atoms with van der Waals surface area (Å²) in [5.41, 5.74) is 8.07. The normalized spacial score (nSPS) is 23.9. The number of nitrogens with two attached hydrogens (primary N) is 1. The number of hydrogen-bond donors (Lipinski definition) is 1. The van der Waals surface area contributed by atoms with Crippen molar-refractivity contribution in [2.75, 3.05) is 13.1 Å². The van der Waals surface area contributed by atoms with E-state index in [1.54, 1.807) is 6.26 Å². The fourth-order valence-corrected chi connectivity index (χ4v) is 2.96. The molecule has 4 nitrogen and oxygen atoms in total. The molecule has 3 rings (SSSR count). The van der Waals surface area contributed by atoms with Crippen LogP contribution in [0.1, 0.15) is 19.0 Å². The van der Waals surface area contributed by atoms with Gasteiger partial charge in [-0.15, -0.1) is 0 Å². The van der Waals surface area contributed by atoms with Crippen LogP contribution in [0, 0.1) is 5.92 Å². The summed E-state index contributed by atoms with van der Waals surface area (Å²) in [7, 11) is 0. The second-order valence-corrected chi connectivity index (χ2v) is 5.81. The van der Waals surface area contributed by atoms with E-state index in [0.717, 1.165) is 37.3 Å². The van der Waals surface area contributed by atoms with Gasteiger partial charge in [0.1, 0.15) is 6.26 Å². The Hall–Kier alpha value is -1.65. The van der Waals surface area contributed by atoms with Crippen molar-refractivity contribution in [3.63, 3.8) is 0 Å². The van der Waals surface area contributed by atoms with Gasteiger partial charge in [-0.3, -0.25) is 4.90 Å². The molecule has 1 aliphatic heterocycles. The zero-order valence-corrected chi connectivity index (χ0v) is 11.8. The highest BCUT2D eigenvalue weighted by atomic mass is 16.3. The number of likely N-dealkylation sites (tertiary alicyclic amines) is 1. The van der Waals surface area contributed by atoms with Crippen molar-refractivity contribution in [1.82, 2.24) is 9.88 Å². The fourth-order valence-electron chi connectivity index (χ4n) is 2.96. The molecule has 1 aromatic carbocycles. The molecule has 1 aliphatic rings. The molecule has 0 bridgehead atoms. The molecule has 0 amide bonds. The Morgan fingerprint density at radius 3 is 2.85 bits per heavy atom. The highest BCUT2D eigenvalue weighted by Gasteiger charge is 2.22. The fraction of sp³-hybridized carbons (Fsp3) is 0.438. The molecule has 0 saturated carbocycles. The molecule has 2 unspecified atom stereocenters. The molecule has 0 spiro atoms. The maximum atomic E-state index is 6.08. The molecular formula is C16H21N3O. The quantitative estimate of drug-likeness (QED) is 0.932. The first-order chi connectivity index (χ1) is 9.70. The summed E-state index contributed by atoms with van der Waals surface area (Å²) < 4.78 is 5.58. The van der Waals surface area contributed by atoms with E-state index in [4.69, 9.17) is 10.2 Å². The van der Waals surface area contributed by atoms with Gasteiger partial charge in [-0.1, -0.05) is 25.1 Å². The Morgan fingerprint density at radius 1 is 1.30 bits per heavy atom.